The van der Waals surface area contributed by atoms with Gasteiger partial charge in [-0.15, -0.1) is 0 Å². The molecule has 1 aromatic rings. The highest BCUT2D eigenvalue weighted by molar-refractivity contribution is 7.89. The van der Waals surface area contributed by atoms with E-state index in [0.29, 0.717) is 45.6 Å². The van der Waals surface area contributed by atoms with E-state index in [0.717, 1.165) is 12.1 Å². The molecule has 2 heterocycles. The van der Waals surface area contributed by atoms with Crippen molar-refractivity contribution in [3.8, 4) is 0 Å². The first-order valence-corrected chi connectivity index (χ1v) is 11.7. The Hall–Kier alpha value is -2.20. The van der Waals surface area contributed by atoms with Gasteiger partial charge in [-0.3, -0.25) is 14.9 Å². The van der Waals surface area contributed by atoms with E-state index in [1.165, 1.54) is 16.4 Å². The van der Waals surface area contributed by atoms with Gasteiger partial charge in [0.1, 0.15) is 0 Å². The summed E-state index contributed by atoms with van der Waals surface area (Å²) >= 11 is 0. The van der Waals surface area contributed by atoms with Crippen LogP contribution in [-0.4, -0.2) is 73.5 Å². The number of nitro groups is 1. The molecule has 0 radical (unpaired) electrons. The van der Waals surface area contributed by atoms with Crippen molar-refractivity contribution in [2.24, 2.45) is 5.92 Å². The molecule has 1 atom stereocenters. The summed E-state index contributed by atoms with van der Waals surface area (Å²) in [5.74, 6) is -0.118. The number of nitro benzene ring substituents is 1. The van der Waals surface area contributed by atoms with E-state index in [1.54, 1.807) is 12.1 Å². The Morgan fingerprint density at radius 2 is 1.79 bits per heavy atom. The van der Waals surface area contributed by atoms with Gasteiger partial charge >= 0.3 is 0 Å². The second kappa shape index (κ2) is 9.08. The summed E-state index contributed by atoms with van der Waals surface area (Å²) in [6.45, 7) is 5.04. The third-order valence-corrected chi connectivity index (χ3v) is 7.65. The van der Waals surface area contributed by atoms with Crippen molar-refractivity contribution in [3.63, 3.8) is 0 Å². The number of carbonyl (C=O) groups is 1. The highest BCUT2D eigenvalue weighted by Gasteiger charge is 2.34. The lowest BCUT2D eigenvalue weighted by molar-refractivity contribution is -0.384. The highest BCUT2D eigenvalue weighted by Crippen LogP contribution is 2.24. The van der Waals surface area contributed by atoms with Crippen LogP contribution in [0, 0.1) is 16.0 Å². The van der Waals surface area contributed by atoms with Crippen LogP contribution >= 0.6 is 0 Å². The van der Waals surface area contributed by atoms with Gasteiger partial charge in [0, 0.05) is 57.1 Å². The third-order valence-electron chi connectivity index (χ3n) is 5.61. The maximum Gasteiger partial charge on any atom is 0.269 e. The maximum absolute atomic E-state index is 13.0. The molecule has 0 aliphatic carbocycles. The molecule has 1 amide bonds. The summed E-state index contributed by atoms with van der Waals surface area (Å²) in [6.07, 6.45) is 2.00. The van der Waals surface area contributed by atoms with Gasteiger partial charge in [0.15, 0.2) is 0 Å². The molecule has 2 fully saturated rings. The van der Waals surface area contributed by atoms with Gasteiger partial charge in [0.25, 0.3) is 5.69 Å². The number of hydrogen-bond acceptors (Lipinski definition) is 6. The van der Waals surface area contributed by atoms with Crippen LogP contribution in [0.2, 0.25) is 0 Å². The Bertz CT molecular complexity index is 835. The molecule has 29 heavy (non-hydrogen) atoms. The summed E-state index contributed by atoms with van der Waals surface area (Å²) in [4.78, 5) is 27.2. The number of sulfonamides is 1. The minimum Gasteiger partial charge on any atom is -0.368 e. The molecular weight excluding hydrogens is 396 g/mol. The lowest BCUT2D eigenvalue weighted by Gasteiger charge is -2.39. The average molecular weight is 425 g/mol. The monoisotopic (exact) mass is 424 g/mol. The van der Waals surface area contributed by atoms with Gasteiger partial charge < -0.3 is 9.80 Å². The second-order valence-corrected chi connectivity index (χ2v) is 9.69. The number of rotatable bonds is 6. The maximum atomic E-state index is 13.0. The standard InChI is InChI=1S/C19H28N4O5S/c1-2-14-29(27,28)22-9-3-4-16(15-22)19(24)21-12-10-20(11-13-21)17-5-7-18(8-6-17)23(25)26/h5-8,16H,2-4,9-15H2,1H3/t16-/m1/s1. The molecule has 9 nitrogen and oxygen atoms in total. The van der Waals surface area contributed by atoms with Crippen molar-refractivity contribution in [2.75, 3.05) is 49.9 Å². The Morgan fingerprint density at radius 1 is 1.14 bits per heavy atom. The van der Waals surface area contributed by atoms with E-state index in [1.807, 2.05) is 11.8 Å². The molecule has 3 rings (SSSR count). The zero-order valence-electron chi connectivity index (χ0n) is 16.7. The molecular formula is C19H28N4O5S. The smallest absolute Gasteiger partial charge is 0.269 e. The van der Waals surface area contributed by atoms with E-state index in [4.69, 9.17) is 0 Å². The van der Waals surface area contributed by atoms with E-state index >= 15 is 0 Å². The first kappa shape index (κ1) is 21.5. The lowest BCUT2D eigenvalue weighted by Crippen LogP contribution is -2.53. The SMILES string of the molecule is CCCS(=O)(=O)N1CCC[C@@H](C(=O)N2CCN(c3ccc([N+](=O)[O-])cc3)CC2)C1. The van der Waals surface area contributed by atoms with E-state index in [9.17, 15) is 23.3 Å². The first-order valence-electron chi connectivity index (χ1n) is 10.1. The molecule has 0 aromatic heterocycles. The topological polar surface area (TPSA) is 104 Å². The largest absolute Gasteiger partial charge is 0.368 e. The van der Waals surface area contributed by atoms with Crippen molar-refractivity contribution < 1.29 is 18.1 Å². The van der Waals surface area contributed by atoms with Gasteiger partial charge in [0.05, 0.1) is 16.6 Å². The predicted molar refractivity (Wildman–Crippen MR) is 110 cm³/mol. The van der Waals surface area contributed by atoms with Crippen LogP contribution in [0.15, 0.2) is 24.3 Å². The summed E-state index contributed by atoms with van der Waals surface area (Å²) in [5, 5.41) is 10.8. The number of amides is 1. The van der Waals surface area contributed by atoms with Gasteiger partial charge in [-0.1, -0.05) is 6.92 Å². The second-order valence-electron chi connectivity index (χ2n) is 7.60. The Labute approximate surface area is 171 Å². The number of benzene rings is 1. The van der Waals surface area contributed by atoms with Gasteiger partial charge in [-0.05, 0) is 31.4 Å². The van der Waals surface area contributed by atoms with Crippen molar-refractivity contribution in [2.45, 2.75) is 26.2 Å². The highest BCUT2D eigenvalue weighted by atomic mass is 32.2. The van der Waals surface area contributed by atoms with E-state index in [-0.39, 0.29) is 29.8 Å². The van der Waals surface area contributed by atoms with Gasteiger partial charge in [0.2, 0.25) is 15.9 Å². The molecule has 0 spiro atoms. The molecule has 2 aliphatic rings. The van der Waals surface area contributed by atoms with Crippen molar-refractivity contribution in [1.29, 1.82) is 0 Å². The van der Waals surface area contributed by atoms with Gasteiger partial charge in [-0.2, -0.15) is 0 Å². The minimum atomic E-state index is -3.28. The Kier molecular flexibility index (Phi) is 6.74. The van der Waals surface area contributed by atoms with E-state index < -0.39 is 14.9 Å². The number of piperazine rings is 1. The molecule has 10 heteroatoms. The summed E-state index contributed by atoms with van der Waals surface area (Å²) < 4.78 is 26.2. The number of nitrogens with zero attached hydrogens (tertiary/aromatic N) is 4. The molecule has 0 bridgehead atoms. The molecule has 1 aromatic carbocycles. The zero-order valence-corrected chi connectivity index (χ0v) is 17.5. The number of carbonyl (C=O) groups excluding carboxylic acids is 1. The van der Waals surface area contributed by atoms with Crippen LogP contribution in [0.25, 0.3) is 0 Å². The van der Waals surface area contributed by atoms with Crippen LogP contribution in [0.1, 0.15) is 26.2 Å². The van der Waals surface area contributed by atoms with Crippen LogP contribution in [0.5, 0.6) is 0 Å². The summed E-state index contributed by atoms with van der Waals surface area (Å²) in [5.41, 5.74) is 0.958. The van der Waals surface area contributed by atoms with Crippen molar-refractivity contribution >= 4 is 27.3 Å². The number of anilines is 1. The number of non-ortho nitro benzene ring substituents is 1. The summed E-state index contributed by atoms with van der Waals surface area (Å²) in [7, 11) is -3.28. The lowest BCUT2D eigenvalue weighted by atomic mass is 9.97. The van der Waals surface area contributed by atoms with Crippen molar-refractivity contribution in [3.05, 3.63) is 34.4 Å². The fraction of sp³-hybridized carbons (Fsp3) is 0.632. The first-order chi connectivity index (χ1) is 13.8. The third kappa shape index (κ3) is 5.05. The van der Waals surface area contributed by atoms with Gasteiger partial charge in [-0.25, -0.2) is 12.7 Å². The van der Waals surface area contributed by atoms with Crippen LogP contribution in [0.3, 0.4) is 0 Å². The molecule has 160 valence electrons. The van der Waals surface area contributed by atoms with Crippen molar-refractivity contribution in [1.82, 2.24) is 9.21 Å². The quantitative estimate of drug-likeness (QED) is 0.508. The Balaban J connectivity index is 1.56. The van der Waals surface area contributed by atoms with Crippen LogP contribution in [-0.2, 0) is 14.8 Å². The fourth-order valence-corrected chi connectivity index (χ4v) is 5.60. The fourth-order valence-electron chi connectivity index (χ4n) is 4.01. The zero-order chi connectivity index (χ0) is 21.0. The molecule has 0 saturated carbocycles. The minimum absolute atomic E-state index is 0.0322. The molecule has 2 saturated heterocycles. The van der Waals surface area contributed by atoms with Crippen LogP contribution in [0.4, 0.5) is 11.4 Å². The van der Waals surface area contributed by atoms with E-state index in [2.05, 4.69) is 4.90 Å². The van der Waals surface area contributed by atoms with Crippen LogP contribution < -0.4 is 4.90 Å². The predicted octanol–water partition coefficient (Wildman–Crippen LogP) is 1.70. The average Bonchev–Trinajstić information content (AvgIpc) is 2.73. The summed E-state index contributed by atoms with van der Waals surface area (Å²) in [6, 6.07) is 6.43. The molecule has 0 N–H and O–H groups in total. The normalized spacial score (nSPS) is 21.2. The number of hydrogen-bond donors (Lipinski definition) is 0. The molecule has 0 unspecified atom stereocenters. The molecule has 2 aliphatic heterocycles. The number of piperidine rings is 1. The Morgan fingerprint density at radius 3 is 2.38 bits per heavy atom.